The summed E-state index contributed by atoms with van der Waals surface area (Å²) in [6.45, 7) is 15.7. The third kappa shape index (κ3) is 3.54. The smallest absolute Gasteiger partial charge is 0.218 e. The molecule has 0 aliphatic heterocycles. The molecule has 0 aliphatic carbocycles. The highest BCUT2D eigenvalue weighted by atomic mass is 28.3. The summed E-state index contributed by atoms with van der Waals surface area (Å²) in [7, 11) is -1.07. The summed E-state index contributed by atoms with van der Waals surface area (Å²) in [5.74, 6) is 1.69. The van der Waals surface area contributed by atoms with Gasteiger partial charge in [-0.1, -0.05) is 58.1 Å². The van der Waals surface area contributed by atoms with Gasteiger partial charge in [-0.2, -0.15) is 0 Å². The summed E-state index contributed by atoms with van der Waals surface area (Å²) in [5.41, 5.74) is 4.99. The van der Waals surface area contributed by atoms with E-state index in [-0.39, 0.29) is 5.41 Å². The number of hydrogen-bond donors (Lipinski definition) is 0. The highest BCUT2D eigenvalue weighted by Crippen LogP contribution is 2.33. The summed E-state index contributed by atoms with van der Waals surface area (Å²) >= 11 is 0. The highest BCUT2D eigenvalue weighted by molar-refractivity contribution is 6.71. The van der Waals surface area contributed by atoms with Crippen LogP contribution < -0.4 is 9.92 Å². The lowest BCUT2D eigenvalue weighted by Gasteiger charge is -2.24. The number of ether oxygens (including phenoxy) is 1. The summed E-state index contributed by atoms with van der Waals surface area (Å²) in [6, 6.07) is 14.8. The molecule has 0 aliphatic rings. The number of fused-ring (bicyclic) bond motifs is 1. The number of pyridine rings is 1. The zero-order chi connectivity index (χ0) is 19.1. The summed E-state index contributed by atoms with van der Waals surface area (Å²) in [5, 5.41) is 2.47. The van der Waals surface area contributed by atoms with Crippen molar-refractivity contribution >= 4 is 24.9 Å². The Bertz CT molecular complexity index is 954. The molecule has 2 nitrogen and oxygen atoms in total. The van der Waals surface area contributed by atoms with Gasteiger partial charge in [0.25, 0.3) is 0 Å². The molecule has 0 fully saturated rings. The van der Waals surface area contributed by atoms with Crippen LogP contribution in [0.15, 0.2) is 42.5 Å². The number of aromatic nitrogens is 1. The normalized spacial score (nSPS) is 12.0. The molecule has 3 heteroatoms. The second-order valence-electron chi connectivity index (χ2n) is 8.44. The number of para-hydroxylation sites is 1. The lowest BCUT2D eigenvalue weighted by Crippen LogP contribution is -2.25. The first-order valence-corrected chi connectivity index (χ1v) is 12.3. The first kappa shape index (κ1) is 18.7. The molecule has 0 spiro atoms. The van der Waals surface area contributed by atoms with Gasteiger partial charge in [-0.25, -0.2) is 4.98 Å². The van der Waals surface area contributed by atoms with Crippen LogP contribution in [0.2, 0.25) is 13.1 Å². The predicted molar refractivity (Wildman–Crippen MR) is 115 cm³/mol. The minimum absolute atomic E-state index is 0.130. The Morgan fingerprint density at radius 2 is 1.62 bits per heavy atom. The van der Waals surface area contributed by atoms with Gasteiger partial charge in [0.05, 0.1) is 14.3 Å². The second-order valence-corrected chi connectivity index (χ2v) is 11.4. The van der Waals surface area contributed by atoms with E-state index in [1.807, 2.05) is 6.07 Å². The van der Waals surface area contributed by atoms with Crippen molar-refractivity contribution in [2.45, 2.75) is 53.1 Å². The molecule has 0 N–H and O–H groups in total. The highest BCUT2D eigenvalue weighted by Gasteiger charge is 2.20. The van der Waals surface area contributed by atoms with E-state index in [1.165, 1.54) is 27.3 Å². The molecular weight excluding hydrogens is 334 g/mol. The van der Waals surface area contributed by atoms with Gasteiger partial charge in [0.1, 0.15) is 5.75 Å². The van der Waals surface area contributed by atoms with Crippen molar-refractivity contribution in [1.29, 1.82) is 0 Å². The molecule has 136 valence electrons. The Morgan fingerprint density at radius 1 is 0.923 bits per heavy atom. The molecule has 0 amide bonds. The van der Waals surface area contributed by atoms with Gasteiger partial charge >= 0.3 is 0 Å². The molecule has 26 heavy (non-hydrogen) atoms. The van der Waals surface area contributed by atoms with Gasteiger partial charge in [0.15, 0.2) is 0 Å². The Labute approximate surface area is 158 Å². The van der Waals surface area contributed by atoms with Crippen LogP contribution in [0.1, 0.15) is 37.5 Å². The van der Waals surface area contributed by atoms with Crippen LogP contribution in [-0.2, 0) is 5.41 Å². The van der Waals surface area contributed by atoms with E-state index < -0.39 is 8.80 Å². The molecule has 0 bridgehead atoms. The fourth-order valence-electron chi connectivity index (χ4n) is 3.43. The molecular formula is C23H29NOSi. The van der Waals surface area contributed by atoms with Crippen molar-refractivity contribution in [2.75, 3.05) is 0 Å². The molecule has 0 saturated carbocycles. The van der Waals surface area contributed by atoms with E-state index in [2.05, 4.69) is 84.1 Å². The first-order chi connectivity index (χ1) is 12.2. The van der Waals surface area contributed by atoms with E-state index in [0.717, 1.165) is 17.1 Å². The third-order valence-corrected chi connectivity index (χ3v) is 6.75. The fraction of sp³-hybridized carbons (Fsp3) is 0.348. The molecule has 0 unspecified atom stereocenters. The van der Waals surface area contributed by atoms with Crippen LogP contribution in [-0.4, -0.2) is 13.8 Å². The summed E-state index contributed by atoms with van der Waals surface area (Å²) < 4.78 is 6.38. The number of hydrogen-bond acceptors (Lipinski definition) is 2. The van der Waals surface area contributed by atoms with Crippen LogP contribution in [0.25, 0.3) is 10.9 Å². The third-order valence-electron chi connectivity index (χ3n) is 5.09. The quantitative estimate of drug-likeness (QED) is 0.562. The molecule has 1 heterocycles. The van der Waals surface area contributed by atoms with Crippen LogP contribution in [0, 0.1) is 13.8 Å². The minimum Gasteiger partial charge on any atom is -0.439 e. The predicted octanol–water partition coefficient (Wildman–Crippen LogP) is 5.64. The van der Waals surface area contributed by atoms with Crippen LogP contribution in [0.4, 0.5) is 0 Å². The molecule has 1 aromatic heterocycles. The summed E-state index contributed by atoms with van der Waals surface area (Å²) in [4.78, 5) is 4.85. The van der Waals surface area contributed by atoms with Crippen molar-refractivity contribution < 1.29 is 4.74 Å². The number of rotatable bonds is 3. The number of benzene rings is 2. The Kier molecular flexibility index (Phi) is 4.94. The largest absolute Gasteiger partial charge is 0.439 e. The van der Waals surface area contributed by atoms with E-state index in [1.54, 1.807) is 0 Å². The zero-order valence-electron chi connectivity index (χ0n) is 17.0. The second kappa shape index (κ2) is 6.88. The average molecular weight is 364 g/mol. The van der Waals surface area contributed by atoms with Crippen LogP contribution >= 0.6 is 0 Å². The van der Waals surface area contributed by atoms with Gasteiger partial charge < -0.3 is 4.74 Å². The van der Waals surface area contributed by atoms with E-state index in [9.17, 15) is 0 Å². The Balaban J connectivity index is 2.09. The van der Waals surface area contributed by atoms with Crippen LogP contribution in [0.5, 0.6) is 11.6 Å². The van der Waals surface area contributed by atoms with Gasteiger partial charge in [0, 0.05) is 5.39 Å². The van der Waals surface area contributed by atoms with Crippen molar-refractivity contribution in [1.82, 2.24) is 4.98 Å². The molecule has 2 aromatic carbocycles. The first-order valence-electron chi connectivity index (χ1n) is 9.36. The van der Waals surface area contributed by atoms with Crippen molar-refractivity contribution in [3.8, 4) is 11.6 Å². The fourth-order valence-corrected chi connectivity index (χ4v) is 4.56. The summed E-state index contributed by atoms with van der Waals surface area (Å²) in [6.07, 6.45) is 0. The maximum absolute atomic E-state index is 6.38. The van der Waals surface area contributed by atoms with E-state index >= 15 is 0 Å². The average Bonchev–Trinajstić information content (AvgIpc) is 2.57. The Hall–Kier alpha value is -2.13. The molecule has 0 saturated heterocycles. The molecule has 3 aromatic rings. The van der Waals surface area contributed by atoms with Gasteiger partial charge in [0.2, 0.25) is 5.88 Å². The lowest BCUT2D eigenvalue weighted by atomic mass is 9.82. The SMILES string of the molecule is Cc1c(Oc2nc3ccccc3cc2[SiH](C)C)ccc(C(C)(C)C)c1C. The lowest BCUT2D eigenvalue weighted by molar-refractivity contribution is 0.463. The van der Waals surface area contributed by atoms with Crippen molar-refractivity contribution in [3.63, 3.8) is 0 Å². The standard InChI is InChI=1S/C23H29NOSi/c1-15-16(2)20(13-12-18(15)23(3,4)5)25-22-21(26(6)7)14-17-10-8-9-11-19(17)24-22/h8-14,26H,1-7H3. The van der Waals surface area contributed by atoms with Gasteiger partial charge in [-0.15, -0.1) is 0 Å². The minimum atomic E-state index is -1.07. The van der Waals surface area contributed by atoms with Crippen LogP contribution in [0.3, 0.4) is 0 Å². The van der Waals surface area contributed by atoms with E-state index in [4.69, 9.17) is 9.72 Å². The molecule has 0 atom stereocenters. The monoisotopic (exact) mass is 363 g/mol. The van der Waals surface area contributed by atoms with Crippen molar-refractivity contribution in [2.24, 2.45) is 0 Å². The number of nitrogens with zero attached hydrogens (tertiary/aromatic N) is 1. The topological polar surface area (TPSA) is 22.1 Å². The maximum atomic E-state index is 6.38. The van der Waals surface area contributed by atoms with Gasteiger partial charge in [-0.05, 0) is 59.3 Å². The van der Waals surface area contributed by atoms with Gasteiger partial charge in [-0.3, -0.25) is 0 Å². The zero-order valence-corrected chi connectivity index (χ0v) is 18.1. The molecule has 0 radical (unpaired) electrons. The van der Waals surface area contributed by atoms with Crippen molar-refractivity contribution in [3.05, 3.63) is 59.2 Å². The maximum Gasteiger partial charge on any atom is 0.218 e. The molecule has 3 rings (SSSR count). The van der Waals surface area contributed by atoms with E-state index in [0.29, 0.717) is 0 Å². The Morgan fingerprint density at radius 3 is 2.27 bits per heavy atom.